The van der Waals surface area contributed by atoms with Crippen LogP contribution in [0.25, 0.3) is 11.0 Å². The number of esters is 1. The van der Waals surface area contributed by atoms with Gasteiger partial charge in [-0.1, -0.05) is 19.4 Å². The van der Waals surface area contributed by atoms with Gasteiger partial charge in [0.05, 0.1) is 33.4 Å². The lowest BCUT2D eigenvalue weighted by molar-refractivity contribution is 0.0600. The van der Waals surface area contributed by atoms with Crippen LogP contribution >= 0.6 is 0 Å². The molecule has 0 aliphatic rings. The highest BCUT2D eigenvalue weighted by Gasteiger charge is 2.21. The molecule has 12 heteroatoms. The first-order valence-corrected chi connectivity index (χ1v) is 10.2. The van der Waals surface area contributed by atoms with Crippen molar-refractivity contribution in [3.63, 3.8) is 0 Å². The number of unbranched alkanes of at least 4 members (excludes halogenated alkanes) is 1. The summed E-state index contributed by atoms with van der Waals surface area (Å²) in [6.45, 7) is 2.72. The quantitative estimate of drug-likeness (QED) is 0.365. The number of nitrogens with one attached hydrogen (secondary N) is 2. The molecule has 176 valence electrons. The molecule has 0 bridgehead atoms. The number of amides is 1. The Hall–Kier alpha value is -3.96. The fourth-order valence-corrected chi connectivity index (χ4v) is 3.15. The Morgan fingerprint density at radius 2 is 1.94 bits per heavy atom. The molecule has 0 atom stereocenters. The van der Waals surface area contributed by atoms with Gasteiger partial charge in [-0.3, -0.25) is 10.00 Å². The van der Waals surface area contributed by atoms with Gasteiger partial charge in [0, 0.05) is 12.1 Å². The third-order valence-corrected chi connectivity index (χ3v) is 4.80. The Morgan fingerprint density at radius 1 is 1.15 bits per heavy atom. The number of hydrogen-bond acceptors (Lipinski definition) is 9. The molecular formula is C21H25FN6O5. The van der Waals surface area contributed by atoms with Crippen LogP contribution in [0.1, 0.15) is 35.7 Å². The Labute approximate surface area is 189 Å². The van der Waals surface area contributed by atoms with Crippen LogP contribution in [0.15, 0.2) is 18.2 Å². The molecule has 0 radical (unpaired) electrons. The second-order valence-corrected chi connectivity index (χ2v) is 6.96. The van der Waals surface area contributed by atoms with E-state index >= 15 is 0 Å². The first-order valence-electron chi connectivity index (χ1n) is 10.2. The van der Waals surface area contributed by atoms with Gasteiger partial charge < -0.3 is 19.5 Å². The second-order valence-electron chi connectivity index (χ2n) is 6.96. The molecular weight excluding hydrogens is 435 g/mol. The number of carbonyl (C=O) groups excluding carboxylic acids is 2. The SMILES string of the molecule is CCCCNc1nc(NC(=O)OC)nc2c(F)nn(Cc3ccc(C(=O)OC)cc3OC)c12. The van der Waals surface area contributed by atoms with Crippen molar-refractivity contribution in [2.45, 2.75) is 26.3 Å². The summed E-state index contributed by atoms with van der Waals surface area (Å²) in [6.07, 6.45) is 1.01. The number of fused-ring (bicyclic) bond motifs is 1. The van der Waals surface area contributed by atoms with Crippen LogP contribution in [0.5, 0.6) is 5.75 Å². The summed E-state index contributed by atoms with van der Waals surface area (Å²) < 4.78 is 30.9. The normalized spacial score (nSPS) is 10.7. The number of anilines is 2. The fourth-order valence-electron chi connectivity index (χ4n) is 3.15. The molecule has 0 unspecified atom stereocenters. The van der Waals surface area contributed by atoms with Crippen LogP contribution < -0.4 is 15.4 Å². The van der Waals surface area contributed by atoms with E-state index in [0.717, 1.165) is 12.8 Å². The molecule has 1 amide bonds. The van der Waals surface area contributed by atoms with Gasteiger partial charge in [-0.25, -0.2) is 14.6 Å². The van der Waals surface area contributed by atoms with Gasteiger partial charge >= 0.3 is 12.1 Å². The number of carbonyl (C=O) groups is 2. The van der Waals surface area contributed by atoms with Crippen LogP contribution in [-0.2, 0) is 16.0 Å². The van der Waals surface area contributed by atoms with Crippen molar-refractivity contribution in [2.75, 3.05) is 38.5 Å². The molecule has 0 fully saturated rings. The van der Waals surface area contributed by atoms with Crippen LogP contribution in [0.3, 0.4) is 0 Å². The van der Waals surface area contributed by atoms with E-state index in [1.54, 1.807) is 18.2 Å². The number of nitrogens with zero attached hydrogens (tertiary/aromatic N) is 4. The van der Waals surface area contributed by atoms with E-state index in [9.17, 15) is 14.0 Å². The van der Waals surface area contributed by atoms with E-state index in [-0.39, 0.29) is 18.0 Å². The minimum Gasteiger partial charge on any atom is -0.496 e. The molecule has 0 aliphatic carbocycles. The van der Waals surface area contributed by atoms with Crippen molar-refractivity contribution in [1.82, 2.24) is 19.7 Å². The number of ether oxygens (including phenoxy) is 3. The number of methoxy groups -OCH3 is 3. The monoisotopic (exact) mass is 460 g/mol. The van der Waals surface area contributed by atoms with E-state index in [0.29, 0.717) is 34.8 Å². The van der Waals surface area contributed by atoms with Crippen molar-refractivity contribution in [3.8, 4) is 5.75 Å². The maximum absolute atomic E-state index is 14.8. The van der Waals surface area contributed by atoms with Crippen molar-refractivity contribution in [1.29, 1.82) is 0 Å². The largest absolute Gasteiger partial charge is 0.496 e. The number of benzene rings is 1. The zero-order valence-corrected chi connectivity index (χ0v) is 18.8. The minimum atomic E-state index is -0.830. The average molecular weight is 460 g/mol. The summed E-state index contributed by atoms with van der Waals surface area (Å²) in [7, 11) is 3.96. The Kier molecular flexibility index (Phi) is 7.59. The molecule has 3 rings (SSSR count). The van der Waals surface area contributed by atoms with E-state index in [1.165, 1.54) is 26.0 Å². The Balaban J connectivity index is 2.06. The minimum absolute atomic E-state index is 0.0689. The molecule has 0 aliphatic heterocycles. The molecule has 2 heterocycles. The summed E-state index contributed by atoms with van der Waals surface area (Å²) >= 11 is 0. The fraction of sp³-hybridized carbons (Fsp3) is 0.381. The summed E-state index contributed by atoms with van der Waals surface area (Å²) in [6, 6.07) is 4.80. The predicted molar refractivity (Wildman–Crippen MR) is 118 cm³/mol. The van der Waals surface area contributed by atoms with Crippen LogP contribution in [0, 0.1) is 5.95 Å². The maximum atomic E-state index is 14.8. The third-order valence-electron chi connectivity index (χ3n) is 4.80. The Morgan fingerprint density at radius 3 is 2.61 bits per heavy atom. The molecule has 2 N–H and O–H groups in total. The first-order chi connectivity index (χ1) is 15.9. The summed E-state index contributed by atoms with van der Waals surface area (Å²) in [5, 5.41) is 9.49. The van der Waals surface area contributed by atoms with Gasteiger partial charge in [-0.05, 0) is 18.6 Å². The van der Waals surface area contributed by atoms with Gasteiger partial charge in [-0.15, -0.1) is 5.10 Å². The van der Waals surface area contributed by atoms with Gasteiger partial charge in [0.25, 0.3) is 5.95 Å². The number of rotatable bonds is 9. The first kappa shape index (κ1) is 23.7. The number of aromatic nitrogens is 4. The van der Waals surface area contributed by atoms with Crippen LogP contribution in [0.2, 0.25) is 0 Å². The maximum Gasteiger partial charge on any atom is 0.413 e. The zero-order chi connectivity index (χ0) is 24.0. The van der Waals surface area contributed by atoms with Gasteiger partial charge in [0.1, 0.15) is 11.3 Å². The number of halogens is 1. The Bertz CT molecular complexity index is 1170. The molecule has 1 aromatic carbocycles. The van der Waals surface area contributed by atoms with Crippen molar-refractivity contribution in [2.24, 2.45) is 0 Å². The molecule has 0 saturated carbocycles. The standard InChI is InChI=1S/C21H25FN6O5/c1-5-6-9-23-18-16-15(24-20(25-18)26-21(30)33-4)17(22)27-28(16)11-13-8-7-12(19(29)32-3)10-14(13)31-2/h7-8,10H,5-6,9,11H2,1-4H3,(H2,23,24,25,26,30). The smallest absolute Gasteiger partial charge is 0.413 e. The highest BCUT2D eigenvalue weighted by atomic mass is 19.1. The third kappa shape index (κ3) is 5.27. The molecule has 2 aromatic heterocycles. The molecule has 33 heavy (non-hydrogen) atoms. The van der Waals surface area contributed by atoms with E-state index in [1.807, 2.05) is 6.92 Å². The summed E-state index contributed by atoms with van der Waals surface area (Å²) in [4.78, 5) is 31.8. The van der Waals surface area contributed by atoms with Crippen LogP contribution in [0.4, 0.5) is 21.0 Å². The van der Waals surface area contributed by atoms with Crippen molar-refractivity contribution in [3.05, 3.63) is 35.3 Å². The van der Waals surface area contributed by atoms with Gasteiger partial charge in [-0.2, -0.15) is 9.37 Å². The summed E-state index contributed by atoms with van der Waals surface area (Å²) in [5.74, 6) is -0.735. The highest BCUT2D eigenvalue weighted by molar-refractivity contribution is 5.91. The van der Waals surface area contributed by atoms with Crippen molar-refractivity contribution >= 4 is 34.9 Å². The van der Waals surface area contributed by atoms with E-state index < -0.39 is 18.0 Å². The van der Waals surface area contributed by atoms with Gasteiger partial charge in [0.15, 0.2) is 11.3 Å². The van der Waals surface area contributed by atoms with E-state index in [4.69, 9.17) is 9.47 Å². The van der Waals surface area contributed by atoms with Gasteiger partial charge in [0.2, 0.25) is 5.95 Å². The van der Waals surface area contributed by atoms with Crippen molar-refractivity contribution < 1.29 is 28.2 Å². The van der Waals surface area contributed by atoms with E-state index in [2.05, 4.69) is 30.4 Å². The summed E-state index contributed by atoms with van der Waals surface area (Å²) in [5.41, 5.74) is 1.21. The number of hydrogen-bond donors (Lipinski definition) is 2. The molecule has 3 aromatic rings. The predicted octanol–water partition coefficient (Wildman–Crippen LogP) is 3.20. The lowest BCUT2D eigenvalue weighted by Crippen LogP contribution is -2.15. The lowest BCUT2D eigenvalue weighted by atomic mass is 10.1. The zero-order valence-electron chi connectivity index (χ0n) is 18.8. The molecule has 11 nitrogen and oxygen atoms in total. The molecule has 0 spiro atoms. The topological polar surface area (TPSA) is 129 Å². The lowest BCUT2D eigenvalue weighted by Gasteiger charge is -2.13. The average Bonchev–Trinajstić information content (AvgIpc) is 3.13. The molecule has 0 saturated heterocycles. The van der Waals surface area contributed by atoms with Crippen LogP contribution in [-0.4, -0.2) is 59.7 Å². The second kappa shape index (κ2) is 10.6. The highest BCUT2D eigenvalue weighted by Crippen LogP contribution is 2.28.